The topological polar surface area (TPSA) is 119 Å². The molecule has 0 atom stereocenters. The molecule has 0 spiro atoms. The van der Waals surface area contributed by atoms with Gasteiger partial charge in [0.15, 0.2) is 10.9 Å². The number of pyridine rings is 2. The third kappa shape index (κ3) is 16.3. The fourth-order valence-corrected chi connectivity index (χ4v) is 4.62. The zero-order valence-corrected chi connectivity index (χ0v) is 26.8. The van der Waals surface area contributed by atoms with E-state index in [1.807, 2.05) is 9.13 Å². The Balaban J connectivity index is 0. The van der Waals surface area contributed by atoms with E-state index in [1.54, 1.807) is 26.2 Å². The number of aromatic nitrogens is 2. The summed E-state index contributed by atoms with van der Waals surface area (Å²) in [7, 11) is 0. The molecule has 0 aliphatic carbocycles. The molecule has 0 amide bonds. The van der Waals surface area contributed by atoms with Gasteiger partial charge in [-0.1, -0.05) is 104 Å². The van der Waals surface area contributed by atoms with E-state index in [4.69, 9.17) is 0 Å². The molecule has 1 radical (unpaired) electrons. The largest absolute Gasteiger partial charge is 4.00 e. The van der Waals surface area contributed by atoms with E-state index < -0.39 is 10.9 Å². The standard InChI is InChI=1S/2C16H27NO2.O.V/c2*1-3-4-5-6-7-8-9-10-12-17-13-11-15(18)16(19)14(17)2;;/h2*11,13,19H,3-10,12H2,1-2H3;;/q;;-2;+4/p-2. The number of nitrogens with zero attached hydrogens (tertiary/aromatic N) is 2. The van der Waals surface area contributed by atoms with Gasteiger partial charge in [-0.15, -0.1) is 0 Å². The van der Waals surface area contributed by atoms with Gasteiger partial charge in [-0.2, -0.15) is 0 Å². The van der Waals surface area contributed by atoms with Gasteiger partial charge in [-0.3, -0.25) is 9.59 Å². The first-order valence-electron chi connectivity index (χ1n) is 15.1. The Morgan fingerprint density at radius 3 is 1.12 bits per heavy atom. The number of unbranched alkanes of at least 4 members (excludes halogenated alkanes) is 14. The van der Waals surface area contributed by atoms with E-state index in [2.05, 4.69) is 13.8 Å². The monoisotopic (exact) mass is 595 g/mol. The average Bonchev–Trinajstić information content (AvgIpc) is 2.91. The molecule has 7 nitrogen and oxygen atoms in total. The van der Waals surface area contributed by atoms with Crippen LogP contribution in [0.15, 0.2) is 34.1 Å². The number of aryl methyl sites for hydroxylation is 2. The van der Waals surface area contributed by atoms with E-state index in [-0.39, 0.29) is 35.5 Å². The van der Waals surface area contributed by atoms with Crippen LogP contribution in [-0.2, 0) is 37.1 Å². The molecule has 0 aliphatic rings. The summed E-state index contributed by atoms with van der Waals surface area (Å²) in [6.07, 6.45) is 23.9. The molecule has 0 aliphatic heterocycles. The second-order valence-corrected chi connectivity index (χ2v) is 10.5. The van der Waals surface area contributed by atoms with Crippen LogP contribution in [0.25, 0.3) is 0 Å². The first-order chi connectivity index (χ1) is 18.3. The fourth-order valence-electron chi connectivity index (χ4n) is 4.62. The van der Waals surface area contributed by atoms with Gasteiger partial charge < -0.3 is 24.8 Å². The summed E-state index contributed by atoms with van der Waals surface area (Å²) in [4.78, 5) is 22.3. The van der Waals surface area contributed by atoms with Crippen molar-refractivity contribution in [2.75, 3.05) is 0 Å². The van der Waals surface area contributed by atoms with Crippen molar-refractivity contribution in [3.8, 4) is 11.5 Å². The maximum Gasteiger partial charge on any atom is 4.00 e. The van der Waals surface area contributed by atoms with Crippen LogP contribution in [0.3, 0.4) is 0 Å². The van der Waals surface area contributed by atoms with Crippen LogP contribution in [0.5, 0.6) is 11.5 Å². The predicted molar refractivity (Wildman–Crippen MR) is 156 cm³/mol. The van der Waals surface area contributed by atoms with E-state index >= 15 is 0 Å². The fraction of sp³-hybridized carbons (Fsp3) is 0.688. The van der Waals surface area contributed by atoms with E-state index in [0.29, 0.717) is 11.4 Å². The first-order valence-corrected chi connectivity index (χ1v) is 15.1. The van der Waals surface area contributed by atoms with Crippen molar-refractivity contribution in [3.05, 3.63) is 56.4 Å². The molecule has 2 aromatic heterocycles. The van der Waals surface area contributed by atoms with Crippen molar-refractivity contribution in [1.82, 2.24) is 9.13 Å². The Bertz CT molecular complexity index is 938. The Labute approximate surface area is 254 Å². The van der Waals surface area contributed by atoms with Crippen molar-refractivity contribution in [2.24, 2.45) is 0 Å². The Hall–Kier alpha value is -1.96. The number of hydrogen-bond acceptors (Lipinski definition) is 4. The third-order valence-corrected chi connectivity index (χ3v) is 7.28. The van der Waals surface area contributed by atoms with E-state index in [0.717, 1.165) is 25.9 Å². The van der Waals surface area contributed by atoms with Crippen molar-refractivity contribution in [2.45, 2.75) is 144 Å². The van der Waals surface area contributed by atoms with Gasteiger partial charge >= 0.3 is 18.6 Å². The zero-order chi connectivity index (χ0) is 28.2. The van der Waals surface area contributed by atoms with Crippen LogP contribution < -0.4 is 21.1 Å². The summed E-state index contributed by atoms with van der Waals surface area (Å²) in [5.41, 5.74) is 0.334. The summed E-state index contributed by atoms with van der Waals surface area (Å²) < 4.78 is 3.81. The minimum absolute atomic E-state index is 0. The molecule has 8 heteroatoms. The van der Waals surface area contributed by atoms with Crippen molar-refractivity contribution >= 4 is 0 Å². The SMILES string of the molecule is CCCCCCCCCCn1ccc(=O)c([O-])c1C.CCCCCCCCCCn1ccc(=O)c([O-])c1C.[O-2].[V+4]. The van der Waals surface area contributed by atoms with Gasteiger partial charge in [-0.25, -0.2) is 0 Å². The van der Waals surface area contributed by atoms with Crippen LogP contribution in [-0.4, -0.2) is 9.13 Å². The van der Waals surface area contributed by atoms with Crippen LogP contribution >= 0.6 is 0 Å². The molecule has 0 unspecified atom stereocenters. The average molecular weight is 596 g/mol. The first kappa shape index (κ1) is 40.2. The maximum atomic E-state index is 11.5. The molecule has 2 heterocycles. The molecule has 0 fully saturated rings. The molecule has 0 N–H and O–H groups in total. The van der Waals surface area contributed by atoms with Gasteiger partial charge in [0.25, 0.3) is 0 Å². The summed E-state index contributed by atoms with van der Waals surface area (Å²) in [6.45, 7) is 9.61. The molecule has 0 saturated carbocycles. The second kappa shape index (κ2) is 24.8. The molecular weight excluding hydrogens is 543 g/mol. The zero-order valence-electron chi connectivity index (χ0n) is 25.4. The summed E-state index contributed by atoms with van der Waals surface area (Å²) in [5, 5.41) is 23.0. The van der Waals surface area contributed by atoms with Gasteiger partial charge in [-0.05, 0) is 38.2 Å². The van der Waals surface area contributed by atoms with Gasteiger partial charge in [0.05, 0.1) is 0 Å². The Kier molecular flexibility index (Phi) is 24.9. The van der Waals surface area contributed by atoms with Crippen molar-refractivity contribution in [3.63, 3.8) is 0 Å². The van der Waals surface area contributed by atoms with Crippen LogP contribution in [0, 0.1) is 13.8 Å². The quantitative estimate of drug-likeness (QED) is 0.180. The van der Waals surface area contributed by atoms with Gasteiger partial charge in [0, 0.05) is 49.0 Å². The van der Waals surface area contributed by atoms with E-state index in [9.17, 15) is 19.8 Å². The minimum atomic E-state index is -0.398. The minimum Gasteiger partial charge on any atom is -2.00 e. The molecule has 2 rings (SSSR count). The molecule has 0 bridgehead atoms. The van der Waals surface area contributed by atoms with Gasteiger partial charge in [0.2, 0.25) is 0 Å². The molecule has 0 aromatic carbocycles. The molecule has 0 saturated heterocycles. The van der Waals surface area contributed by atoms with Crippen molar-refractivity contribution < 1.29 is 34.2 Å². The van der Waals surface area contributed by atoms with E-state index in [1.165, 1.54) is 102 Å². The Morgan fingerprint density at radius 1 is 0.550 bits per heavy atom. The summed E-state index contributed by atoms with van der Waals surface area (Å²) in [6, 6.07) is 2.75. The Morgan fingerprint density at radius 2 is 0.825 bits per heavy atom. The molecule has 2 aromatic rings. The maximum absolute atomic E-state index is 11.5. The predicted octanol–water partition coefficient (Wildman–Crippen LogP) is 6.62. The van der Waals surface area contributed by atoms with Crippen LogP contribution in [0.2, 0.25) is 0 Å². The number of rotatable bonds is 18. The van der Waals surface area contributed by atoms with Crippen molar-refractivity contribution in [1.29, 1.82) is 0 Å². The third-order valence-electron chi connectivity index (χ3n) is 7.28. The molecule has 40 heavy (non-hydrogen) atoms. The molecule has 225 valence electrons. The van der Waals surface area contributed by atoms with Gasteiger partial charge in [0.1, 0.15) is 0 Å². The number of hydrogen-bond donors (Lipinski definition) is 0. The van der Waals surface area contributed by atoms with Crippen LogP contribution in [0.1, 0.15) is 128 Å². The second-order valence-electron chi connectivity index (χ2n) is 10.5. The van der Waals surface area contributed by atoms with Crippen LogP contribution in [0.4, 0.5) is 0 Å². The molecular formula is C32H52N2O5V. The normalized spacial score (nSPS) is 10.3. The smallest absolute Gasteiger partial charge is 2.00 e. The summed E-state index contributed by atoms with van der Waals surface area (Å²) >= 11 is 0. The summed E-state index contributed by atoms with van der Waals surface area (Å²) in [5.74, 6) is -0.718.